The molecule has 11 heteroatoms. The molecule has 1 heterocycles. The lowest BCUT2D eigenvalue weighted by Crippen LogP contribution is -2.30. The number of nitrogens with one attached hydrogen (secondary N) is 1. The van der Waals surface area contributed by atoms with Crippen molar-refractivity contribution in [1.82, 2.24) is 20.3 Å². The minimum atomic E-state index is -3.37. The molecule has 0 aliphatic carbocycles. The highest BCUT2D eigenvalue weighted by Crippen LogP contribution is 2.31. The van der Waals surface area contributed by atoms with Crippen molar-refractivity contribution >= 4 is 26.8 Å². The Kier molecular flexibility index (Phi) is 7.61. The van der Waals surface area contributed by atoms with Gasteiger partial charge in [0.15, 0.2) is 9.84 Å². The molecule has 0 radical (unpaired) electrons. The Morgan fingerprint density at radius 3 is 2.34 bits per heavy atom. The maximum absolute atomic E-state index is 14.4. The van der Waals surface area contributed by atoms with Crippen molar-refractivity contribution < 1.29 is 27.1 Å². The highest BCUT2D eigenvalue weighted by Gasteiger charge is 2.29. The van der Waals surface area contributed by atoms with Crippen LogP contribution in [0.5, 0.6) is 0 Å². The van der Waals surface area contributed by atoms with Crippen LogP contribution in [-0.2, 0) is 21.8 Å². The topological polar surface area (TPSA) is 114 Å². The average Bonchev–Trinajstić information content (AvgIpc) is 3.28. The zero-order valence-corrected chi connectivity index (χ0v) is 22.0. The van der Waals surface area contributed by atoms with E-state index >= 15 is 0 Å². The third-order valence-corrected chi connectivity index (χ3v) is 8.22. The normalized spacial score (nSPS) is 13.0. The largest absolute Gasteiger partial charge is 0.394 e. The highest BCUT2D eigenvalue weighted by atomic mass is 32.2. The Balaban J connectivity index is 1.53. The first kappa shape index (κ1) is 27.3. The van der Waals surface area contributed by atoms with Gasteiger partial charge in [-0.25, -0.2) is 21.9 Å². The highest BCUT2D eigenvalue weighted by molar-refractivity contribution is 7.91. The average molecular weight is 543 g/mol. The first-order valence-electron chi connectivity index (χ1n) is 12.0. The number of aliphatic hydroxyl groups is 1. The fraction of sp³-hybridized carbons (Fsp3) is 0.296. The smallest absolute Gasteiger partial charge is 0.251 e. The van der Waals surface area contributed by atoms with Gasteiger partial charge in [-0.05, 0) is 48.0 Å². The predicted octanol–water partition coefficient (Wildman–Crippen LogP) is 3.94. The van der Waals surface area contributed by atoms with Crippen LogP contribution in [0.2, 0.25) is 0 Å². The van der Waals surface area contributed by atoms with Gasteiger partial charge >= 0.3 is 0 Å². The fourth-order valence-corrected chi connectivity index (χ4v) is 5.26. The van der Waals surface area contributed by atoms with E-state index in [0.29, 0.717) is 16.6 Å². The lowest BCUT2D eigenvalue weighted by Gasteiger charge is -2.26. The summed E-state index contributed by atoms with van der Waals surface area (Å²) in [5.41, 5.74) is 0.829. The summed E-state index contributed by atoms with van der Waals surface area (Å²) in [6.45, 7) is 4.72. The van der Waals surface area contributed by atoms with E-state index in [2.05, 4.69) is 15.6 Å². The number of carbonyl (C=O) groups is 1. The van der Waals surface area contributed by atoms with Crippen LogP contribution in [0.1, 0.15) is 48.3 Å². The first-order chi connectivity index (χ1) is 18.0. The fourth-order valence-electron chi connectivity index (χ4n) is 4.38. The Hall–Kier alpha value is -3.70. The SMILES string of the molecule is CCS(=O)(=O)c1ccc(C(CO)NC(=O)c2ccc3c(c2)nnn3CC(C)(C)c2c(F)cccc2F)cc1. The summed E-state index contributed by atoms with van der Waals surface area (Å²) in [4.78, 5) is 13.1. The van der Waals surface area contributed by atoms with Crippen molar-refractivity contribution in [3.8, 4) is 0 Å². The standard InChI is InChI=1S/C27H28F2N4O4S/c1-4-38(36,37)19-11-8-17(9-12-19)23(15-34)30-26(35)18-10-13-24-22(14-18)31-32-33(24)16-27(2,3)25-20(28)6-5-7-21(25)29/h5-14,23,34H,4,15-16H2,1-3H3,(H,30,35). The number of hydrogen-bond acceptors (Lipinski definition) is 6. The van der Waals surface area contributed by atoms with Crippen LogP contribution in [0.15, 0.2) is 65.6 Å². The second-order valence-corrected chi connectivity index (χ2v) is 11.9. The van der Waals surface area contributed by atoms with E-state index in [0.717, 1.165) is 0 Å². The van der Waals surface area contributed by atoms with Crippen molar-refractivity contribution in [2.45, 2.75) is 43.7 Å². The molecule has 4 aromatic rings. The second kappa shape index (κ2) is 10.6. The van der Waals surface area contributed by atoms with Gasteiger partial charge < -0.3 is 10.4 Å². The molecular formula is C27H28F2N4O4S. The molecule has 1 unspecified atom stereocenters. The van der Waals surface area contributed by atoms with E-state index in [1.807, 2.05) is 0 Å². The molecule has 1 aromatic heterocycles. The molecule has 0 aliphatic rings. The molecule has 0 bridgehead atoms. The maximum Gasteiger partial charge on any atom is 0.251 e. The lowest BCUT2D eigenvalue weighted by molar-refractivity contribution is 0.0916. The van der Waals surface area contributed by atoms with Gasteiger partial charge in [0, 0.05) is 16.5 Å². The van der Waals surface area contributed by atoms with Gasteiger partial charge in [0.1, 0.15) is 17.2 Å². The van der Waals surface area contributed by atoms with Crippen LogP contribution >= 0.6 is 0 Å². The van der Waals surface area contributed by atoms with Crippen LogP contribution in [0.3, 0.4) is 0 Å². The zero-order valence-electron chi connectivity index (χ0n) is 21.1. The molecule has 8 nitrogen and oxygen atoms in total. The van der Waals surface area contributed by atoms with E-state index in [1.165, 1.54) is 41.1 Å². The zero-order chi connectivity index (χ0) is 27.7. The van der Waals surface area contributed by atoms with Gasteiger partial charge in [-0.15, -0.1) is 5.10 Å². The molecule has 0 aliphatic heterocycles. The molecular weight excluding hydrogens is 514 g/mol. The molecule has 0 saturated heterocycles. The maximum atomic E-state index is 14.4. The number of benzene rings is 3. The Labute approximate surface area is 219 Å². The van der Waals surface area contributed by atoms with E-state index < -0.39 is 45.4 Å². The summed E-state index contributed by atoms with van der Waals surface area (Å²) in [7, 11) is -3.37. The second-order valence-electron chi connectivity index (χ2n) is 9.61. The number of fused-ring (bicyclic) bond motifs is 1. The third kappa shape index (κ3) is 5.44. The summed E-state index contributed by atoms with van der Waals surface area (Å²) >= 11 is 0. The van der Waals surface area contributed by atoms with Gasteiger partial charge in [-0.3, -0.25) is 4.79 Å². The number of hydrogen-bond donors (Lipinski definition) is 2. The quantitative estimate of drug-likeness (QED) is 0.331. The minimum Gasteiger partial charge on any atom is -0.394 e. The third-order valence-electron chi connectivity index (χ3n) is 6.47. The predicted molar refractivity (Wildman–Crippen MR) is 138 cm³/mol. The van der Waals surface area contributed by atoms with Crippen molar-refractivity contribution in [3.05, 3.63) is 89.0 Å². The van der Waals surface area contributed by atoms with Crippen molar-refractivity contribution in [3.63, 3.8) is 0 Å². The Morgan fingerprint density at radius 1 is 1.08 bits per heavy atom. The number of nitrogens with zero attached hydrogens (tertiary/aromatic N) is 3. The number of sulfone groups is 1. The van der Waals surface area contributed by atoms with Gasteiger partial charge in [0.25, 0.3) is 5.91 Å². The van der Waals surface area contributed by atoms with Gasteiger partial charge in [0.2, 0.25) is 0 Å². The monoisotopic (exact) mass is 542 g/mol. The minimum absolute atomic E-state index is 0.0306. The van der Waals surface area contributed by atoms with Gasteiger partial charge in [-0.2, -0.15) is 0 Å². The summed E-state index contributed by atoms with van der Waals surface area (Å²) in [5.74, 6) is -1.78. The number of aromatic nitrogens is 3. The molecule has 0 saturated carbocycles. The molecule has 1 atom stereocenters. The molecule has 200 valence electrons. The van der Waals surface area contributed by atoms with Gasteiger partial charge in [0.05, 0.1) is 35.4 Å². The van der Waals surface area contributed by atoms with Crippen LogP contribution in [-0.4, -0.2) is 46.8 Å². The van der Waals surface area contributed by atoms with Gasteiger partial charge in [-0.1, -0.05) is 44.2 Å². The van der Waals surface area contributed by atoms with E-state index in [-0.39, 0.29) is 28.3 Å². The van der Waals surface area contributed by atoms with Crippen LogP contribution in [0.25, 0.3) is 11.0 Å². The number of halogens is 2. The Bertz CT molecular complexity index is 1560. The molecule has 3 aromatic carbocycles. The number of carbonyl (C=O) groups excluding carboxylic acids is 1. The van der Waals surface area contributed by atoms with Crippen LogP contribution in [0, 0.1) is 11.6 Å². The van der Waals surface area contributed by atoms with Crippen LogP contribution in [0.4, 0.5) is 8.78 Å². The first-order valence-corrected chi connectivity index (χ1v) is 13.6. The van der Waals surface area contributed by atoms with E-state index in [9.17, 15) is 27.1 Å². The van der Waals surface area contributed by atoms with Crippen molar-refractivity contribution in [2.24, 2.45) is 0 Å². The summed E-state index contributed by atoms with van der Waals surface area (Å²) in [5, 5.41) is 20.8. The number of amides is 1. The molecule has 2 N–H and O–H groups in total. The Morgan fingerprint density at radius 2 is 1.74 bits per heavy atom. The molecule has 4 rings (SSSR count). The molecule has 1 amide bonds. The summed E-state index contributed by atoms with van der Waals surface area (Å²) < 4.78 is 54.4. The van der Waals surface area contributed by atoms with E-state index in [1.54, 1.807) is 45.0 Å². The molecule has 0 fully saturated rings. The number of aliphatic hydroxyl groups excluding tert-OH is 1. The van der Waals surface area contributed by atoms with Crippen molar-refractivity contribution in [1.29, 1.82) is 0 Å². The molecule has 0 spiro atoms. The van der Waals surface area contributed by atoms with E-state index in [4.69, 9.17) is 0 Å². The summed E-state index contributed by atoms with van der Waals surface area (Å²) in [6, 6.07) is 13.7. The molecule has 38 heavy (non-hydrogen) atoms. The van der Waals surface area contributed by atoms with Crippen LogP contribution < -0.4 is 5.32 Å². The van der Waals surface area contributed by atoms with Crippen molar-refractivity contribution in [2.75, 3.05) is 12.4 Å². The lowest BCUT2D eigenvalue weighted by atomic mass is 9.83. The summed E-state index contributed by atoms with van der Waals surface area (Å²) in [6.07, 6.45) is 0. The number of rotatable bonds is 9.